The first kappa shape index (κ1) is 20.9. The third-order valence-electron chi connectivity index (χ3n) is 4.90. The van der Waals surface area contributed by atoms with Crippen molar-refractivity contribution in [2.45, 2.75) is 13.8 Å². The number of ether oxygens (including phenoxy) is 1. The van der Waals surface area contributed by atoms with Gasteiger partial charge in [0.1, 0.15) is 0 Å². The molecule has 0 radical (unpaired) electrons. The van der Waals surface area contributed by atoms with Crippen molar-refractivity contribution in [3.8, 4) is 27.8 Å². The summed E-state index contributed by atoms with van der Waals surface area (Å²) in [5.74, 6) is -0.432. The zero-order valence-electron chi connectivity index (χ0n) is 17.1. The first-order valence-electron chi connectivity index (χ1n) is 9.75. The highest BCUT2D eigenvalue weighted by Crippen LogP contribution is 2.41. The molecule has 1 saturated heterocycles. The number of urea groups is 1. The molecule has 2 aromatic heterocycles. The Morgan fingerprint density at radius 3 is 2.77 bits per heavy atom. The molecule has 7 nitrogen and oxygen atoms in total. The van der Waals surface area contributed by atoms with Crippen LogP contribution in [-0.2, 0) is 4.74 Å². The molecular weight excluding hydrogens is 417 g/mol. The Morgan fingerprint density at radius 1 is 1.26 bits per heavy atom. The van der Waals surface area contributed by atoms with E-state index in [1.807, 2.05) is 6.07 Å². The van der Waals surface area contributed by atoms with Gasteiger partial charge >= 0.3 is 6.03 Å². The summed E-state index contributed by atoms with van der Waals surface area (Å²) in [5.41, 5.74) is 2.98. The molecule has 1 aliphatic heterocycles. The van der Waals surface area contributed by atoms with Gasteiger partial charge < -0.3 is 9.64 Å². The lowest BCUT2D eigenvalue weighted by molar-refractivity contribution is 0.0564. The number of nitrogens with zero attached hydrogens (tertiary/aromatic N) is 4. The van der Waals surface area contributed by atoms with Gasteiger partial charge in [0.25, 0.3) is 0 Å². The summed E-state index contributed by atoms with van der Waals surface area (Å²) < 4.78 is 20.3. The van der Waals surface area contributed by atoms with Gasteiger partial charge in [-0.25, -0.2) is 14.2 Å². The number of aryl methyl sites for hydroxylation is 2. The number of carbonyl (C=O) groups excluding carboxylic acids is 1. The van der Waals surface area contributed by atoms with E-state index in [1.165, 1.54) is 11.3 Å². The number of rotatable bonds is 3. The topological polar surface area (TPSA) is 91.1 Å². The van der Waals surface area contributed by atoms with Crippen LogP contribution < -0.4 is 5.32 Å². The van der Waals surface area contributed by atoms with Crippen molar-refractivity contribution >= 4 is 22.5 Å². The predicted molar refractivity (Wildman–Crippen MR) is 116 cm³/mol. The Labute approximate surface area is 183 Å². The van der Waals surface area contributed by atoms with Crippen molar-refractivity contribution in [1.29, 1.82) is 5.26 Å². The van der Waals surface area contributed by atoms with Gasteiger partial charge in [-0.05, 0) is 32.0 Å². The first-order valence-corrected chi connectivity index (χ1v) is 10.6. The molecule has 0 saturated carbocycles. The highest BCUT2D eigenvalue weighted by Gasteiger charge is 2.23. The van der Waals surface area contributed by atoms with Gasteiger partial charge in [-0.15, -0.1) is 0 Å². The lowest BCUT2D eigenvalue weighted by Gasteiger charge is -2.26. The second-order valence-electron chi connectivity index (χ2n) is 7.13. The Morgan fingerprint density at radius 2 is 2.03 bits per heavy atom. The van der Waals surface area contributed by atoms with Crippen LogP contribution in [0, 0.1) is 31.0 Å². The van der Waals surface area contributed by atoms with Gasteiger partial charge in [-0.2, -0.15) is 5.26 Å². The van der Waals surface area contributed by atoms with Crippen molar-refractivity contribution in [1.82, 2.24) is 14.9 Å². The molecule has 1 N–H and O–H groups in total. The molecule has 1 aromatic carbocycles. The molecule has 0 aliphatic carbocycles. The molecule has 0 unspecified atom stereocenters. The summed E-state index contributed by atoms with van der Waals surface area (Å²) in [6.45, 7) is 5.39. The zero-order valence-corrected chi connectivity index (χ0v) is 17.9. The van der Waals surface area contributed by atoms with E-state index in [4.69, 9.17) is 4.74 Å². The number of hydrogen-bond acceptors (Lipinski definition) is 6. The number of pyridine rings is 1. The fourth-order valence-electron chi connectivity index (χ4n) is 3.40. The van der Waals surface area contributed by atoms with Gasteiger partial charge in [0.05, 0.1) is 41.1 Å². The molecule has 9 heteroatoms. The van der Waals surface area contributed by atoms with E-state index in [1.54, 1.807) is 43.0 Å². The lowest BCUT2D eigenvalue weighted by Crippen LogP contribution is -2.43. The van der Waals surface area contributed by atoms with Crippen molar-refractivity contribution in [2.75, 3.05) is 31.6 Å². The van der Waals surface area contributed by atoms with Crippen LogP contribution in [0.15, 0.2) is 30.3 Å². The normalized spacial score (nSPS) is 13.7. The molecule has 0 bridgehead atoms. The lowest BCUT2D eigenvalue weighted by atomic mass is 10.0. The van der Waals surface area contributed by atoms with Crippen molar-refractivity contribution < 1.29 is 13.9 Å². The molecule has 1 fully saturated rings. The van der Waals surface area contributed by atoms with Gasteiger partial charge in [-0.3, -0.25) is 10.3 Å². The van der Waals surface area contributed by atoms with E-state index in [0.717, 1.165) is 0 Å². The van der Waals surface area contributed by atoms with E-state index in [2.05, 4.69) is 21.4 Å². The fourth-order valence-corrected chi connectivity index (χ4v) is 4.39. The standard InChI is InChI=1S/C22H20FN5O2S/c1-13-10-17(18(23)14(2)25-13)20-19(16-5-3-4-15(11-16)12-24)26-21(31-20)27-22(29)28-6-8-30-9-7-28/h3-5,10-11H,6-9H2,1-2H3,(H,26,27,29). The Balaban J connectivity index is 1.79. The molecule has 3 aromatic rings. The molecule has 0 spiro atoms. The van der Waals surface area contributed by atoms with E-state index in [0.29, 0.717) is 70.1 Å². The van der Waals surface area contributed by atoms with E-state index < -0.39 is 5.82 Å². The molecule has 31 heavy (non-hydrogen) atoms. The van der Waals surface area contributed by atoms with Crippen LogP contribution in [0.1, 0.15) is 17.0 Å². The number of carbonyl (C=O) groups is 1. The highest BCUT2D eigenvalue weighted by molar-refractivity contribution is 7.19. The minimum atomic E-state index is -0.432. The maximum Gasteiger partial charge on any atom is 0.323 e. The van der Waals surface area contributed by atoms with Crippen molar-refractivity contribution in [2.24, 2.45) is 0 Å². The highest BCUT2D eigenvalue weighted by atomic mass is 32.1. The maximum absolute atomic E-state index is 15.0. The summed E-state index contributed by atoms with van der Waals surface area (Å²) in [4.78, 5) is 23.6. The summed E-state index contributed by atoms with van der Waals surface area (Å²) in [7, 11) is 0. The van der Waals surface area contributed by atoms with Crippen LogP contribution in [0.3, 0.4) is 0 Å². The average molecular weight is 438 g/mol. The Kier molecular flexibility index (Phi) is 5.93. The first-order chi connectivity index (χ1) is 15.0. The number of hydrogen-bond donors (Lipinski definition) is 1. The summed E-state index contributed by atoms with van der Waals surface area (Å²) >= 11 is 1.19. The van der Waals surface area contributed by atoms with Gasteiger partial charge in [0.2, 0.25) is 0 Å². The van der Waals surface area contributed by atoms with Crippen molar-refractivity contribution in [3.63, 3.8) is 0 Å². The largest absolute Gasteiger partial charge is 0.378 e. The van der Waals surface area contributed by atoms with Crippen LogP contribution in [0.4, 0.5) is 14.3 Å². The number of nitriles is 1. The number of benzene rings is 1. The number of morpholine rings is 1. The number of thiazole rings is 1. The third kappa shape index (κ3) is 4.40. The number of aromatic nitrogens is 2. The zero-order chi connectivity index (χ0) is 22.0. The van der Waals surface area contributed by atoms with Crippen LogP contribution in [0.25, 0.3) is 21.7 Å². The monoisotopic (exact) mass is 437 g/mol. The second kappa shape index (κ2) is 8.79. The van der Waals surface area contributed by atoms with Gasteiger partial charge in [0.15, 0.2) is 10.9 Å². The van der Waals surface area contributed by atoms with E-state index in [-0.39, 0.29) is 6.03 Å². The van der Waals surface area contributed by atoms with Crippen LogP contribution in [0.5, 0.6) is 0 Å². The average Bonchev–Trinajstić information content (AvgIpc) is 3.20. The van der Waals surface area contributed by atoms with Crippen molar-refractivity contribution in [3.05, 3.63) is 53.1 Å². The fraction of sp³-hybridized carbons (Fsp3) is 0.273. The third-order valence-corrected chi connectivity index (χ3v) is 5.90. The summed E-state index contributed by atoms with van der Waals surface area (Å²) in [5, 5.41) is 12.5. The quantitative estimate of drug-likeness (QED) is 0.657. The van der Waals surface area contributed by atoms with Crippen LogP contribution in [0.2, 0.25) is 0 Å². The number of nitrogens with one attached hydrogen (secondary N) is 1. The second-order valence-corrected chi connectivity index (χ2v) is 8.13. The Hall–Kier alpha value is -3.35. The summed E-state index contributed by atoms with van der Waals surface area (Å²) in [6.07, 6.45) is 0. The molecule has 158 valence electrons. The number of halogens is 1. The maximum atomic E-state index is 15.0. The number of amides is 2. The number of anilines is 1. The van der Waals surface area contributed by atoms with Gasteiger partial charge in [-0.1, -0.05) is 23.5 Å². The molecule has 0 atom stereocenters. The molecule has 3 heterocycles. The SMILES string of the molecule is Cc1cc(-c2sc(NC(=O)N3CCOCC3)nc2-c2cccc(C#N)c2)c(F)c(C)n1. The summed E-state index contributed by atoms with van der Waals surface area (Å²) in [6, 6.07) is 10.5. The molecule has 4 rings (SSSR count). The molecule has 2 amide bonds. The van der Waals surface area contributed by atoms with Gasteiger partial charge in [0, 0.05) is 29.9 Å². The minimum Gasteiger partial charge on any atom is -0.378 e. The van der Waals surface area contributed by atoms with Crippen LogP contribution in [-0.4, -0.2) is 47.2 Å². The van der Waals surface area contributed by atoms with Crippen LogP contribution >= 0.6 is 11.3 Å². The Bertz CT molecular complexity index is 1180. The van der Waals surface area contributed by atoms with E-state index in [9.17, 15) is 10.1 Å². The molecule has 1 aliphatic rings. The molecular formula is C22H20FN5O2S. The smallest absolute Gasteiger partial charge is 0.323 e. The van der Waals surface area contributed by atoms with E-state index >= 15 is 4.39 Å². The predicted octanol–water partition coefficient (Wildman–Crippen LogP) is 4.36. The minimum absolute atomic E-state index is 0.275.